The van der Waals surface area contributed by atoms with Gasteiger partial charge in [0.25, 0.3) is 0 Å². The zero-order valence-corrected chi connectivity index (χ0v) is 8.47. The molecule has 1 heterocycles. The molecule has 2 rings (SSSR count). The zero-order chi connectivity index (χ0) is 10.1. The molecule has 2 nitrogen and oxygen atoms in total. The van der Waals surface area contributed by atoms with Crippen LogP contribution in [0.4, 0.5) is 10.1 Å². The van der Waals surface area contributed by atoms with Gasteiger partial charge in [0.15, 0.2) is 0 Å². The topological polar surface area (TPSA) is 29.3 Å². The summed E-state index contributed by atoms with van der Waals surface area (Å²) in [5.74, 6) is -0.303. The van der Waals surface area contributed by atoms with Gasteiger partial charge in [-0.3, -0.25) is 0 Å². The van der Waals surface area contributed by atoms with Crippen LogP contribution in [0.2, 0.25) is 5.02 Å². The zero-order valence-electron chi connectivity index (χ0n) is 7.71. The van der Waals surface area contributed by atoms with Crippen molar-refractivity contribution >= 4 is 17.3 Å². The van der Waals surface area contributed by atoms with Crippen molar-refractivity contribution in [2.75, 3.05) is 18.0 Å². The number of hydrogen-bond acceptors (Lipinski definition) is 2. The molecule has 1 aromatic carbocycles. The Morgan fingerprint density at radius 2 is 2.29 bits per heavy atom. The molecule has 0 amide bonds. The fraction of sp³-hybridized carbons (Fsp3) is 0.400. The third kappa shape index (κ3) is 1.83. The van der Waals surface area contributed by atoms with E-state index in [2.05, 4.69) is 4.90 Å². The molecule has 1 aliphatic heterocycles. The number of benzene rings is 1. The highest BCUT2D eigenvalue weighted by molar-refractivity contribution is 6.33. The highest BCUT2D eigenvalue weighted by Crippen LogP contribution is 2.28. The SMILES string of the molecule is NC1CCN(c2ccc(F)cc2Cl)C1. The lowest BCUT2D eigenvalue weighted by atomic mass is 10.3. The minimum absolute atomic E-state index is 0.205. The van der Waals surface area contributed by atoms with Crippen molar-refractivity contribution < 1.29 is 4.39 Å². The summed E-state index contributed by atoms with van der Waals surface area (Å²) in [7, 11) is 0. The average Bonchev–Trinajstić information content (AvgIpc) is 2.51. The molecule has 1 saturated heterocycles. The van der Waals surface area contributed by atoms with Crippen molar-refractivity contribution in [3.05, 3.63) is 29.0 Å². The second kappa shape index (κ2) is 3.75. The van der Waals surface area contributed by atoms with Crippen LogP contribution >= 0.6 is 11.6 Å². The van der Waals surface area contributed by atoms with Gasteiger partial charge in [-0.15, -0.1) is 0 Å². The second-order valence-corrected chi connectivity index (χ2v) is 4.00. The molecular formula is C10H12ClFN2. The van der Waals surface area contributed by atoms with Crippen LogP contribution in [0.15, 0.2) is 18.2 Å². The summed E-state index contributed by atoms with van der Waals surface area (Å²) in [4.78, 5) is 2.09. The van der Waals surface area contributed by atoms with Crippen molar-refractivity contribution in [3.63, 3.8) is 0 Å². The van der Waals surface area contributed by atoms with E-state index in [1.807, 2.05) is 0 Å². The molecule has 0 radical (unpaired) electrons. The van der Waals surface area contributed by atoms with Gasteiger partial charge in [-0.1, -0.05) is 11.6 Å². The molecule has 0 spiro atoms. The number of rotatable bonds is 1. The smallest absolute Gasteiger partial charge is 0.124 e. The fourth-order valence-corrected chi connectivity index (χ4v) is 2.03. The van der Waals surface area contributed by atoms with Crippen LogP contribution in [0, 0.1) is 5.82 Å². The Kier molecular flexibility index (Phi) is 2.61. The van der Waals surface area contributed by atoms with E-state index >= 15 is 0 Å². The predicted molar refractivity (Wildman–Crippen MR) is 56.2 cm³/mol. The minimum atomic E-state index is -0.303. The highest BCUT2D eigenvalue weighted by atomic mass is 35.5. The lowest BCUT2D eigenvalue weighted by Gasteiger charge is -2.19. The Morgan fingerprint density at radius 1 is 1.50 bits per heavy atom. The molecule has 2 N–H and O–H groups in total. The molecule has 1 fully saturated rings. The molecule has 0 aromatic heterocycles. The van der Waals surface area contributed by atoms with Crippen LogP contribution in [0.25, 0.3) is 0 Å². The number of halogens is 2. The first-order chi connectivity index (χ1) is 6.66. The van der Waals surface area contributed by atoms with Crippen molar-refractivity contribution in [2.45, 2.75) is 12.5 Å². The first kappa shape index (κ1) is 9.74. The fourth-order valence-electron chi connectivity index (χ4n) is 1.74. The average molecular weight is 215 g/mol. The minimum Gasteiger partial charge on any atom is -0.369 e. The molecule has 1 aromatic rings. The van der Waals surface area contributed by atoms with Gasteiger partial charge >= 0.3 is 0 Å². The van der Waals surface area contributed by atoms with E-state index in [0.29, 0.717) is 5.02 Å². The Morgan fingerprint density at radius 3 is 2.86 bits per heavy atom. The molecular weight excluding hydrogens is 203 g/mol. The summed E-state index contributed by atoms with van der Waals surface area (Å²) in [6, 6.07) is 4.66. The van der Waals surface area contributed by atoms with Gasteiger partial charge < -0.3 is 10.6 Å². The molecule has 0 saturated carbocycles. The molecule has 1 aliphatic rings. The number of hydrogen-bond donors (Lipinski definition) is 1. The van der Waals surface area contributed by atoms with E-state index in [-0.39, 0.29) is 11.9 Å². The van der Waals surface area contributed by atoms with Gasteiger partial charge in [-0.05, 0) is 24.6 Å². The largest absolute Gasteiger partial charge is 0.369 e. The molecule has 4 heteroatoms. The van der Waals surface area contributed by atoms with Gasteiger partial charge in [-0.2, -0.15) is 0 Å². The molecule has 0 aliphatic carbocycles. The first-order valence-corrected chi connectivity index (χ1v) is 5.00. The van der Waals surface area contributed by atoms with Crippen LogP contribution in [0.5, 0.6) is 0 Å². The standard InChI is InChI=1S/C10H12ClFN2/c11-9-5-7(12)1-2-10(9)14-4-3-8(13)6-14/h1-2,5,8H,3-4,6,13H2. The maximum atomic E-state index is 12.8. The first-order valence-electron chi connectivity index (χ1n) is 4.62. The summed E-state index contributed by atoms with van der Waals surface area (Å²) in [5.41, 5.74) is 6.66. The monoisotopic (exact) mass is 214 g/mol. The summed E-state index contributed by atoms with van der Waals surface area (Å²) < 4.78 is 12.8. The Hall–Kier alpha value is -0.800. The van der Waals surface area contributed by atoms with Crippen LogP contribution in [0.1, 0.15) is 6.42 Å². The van der Waals surface area contributed by atoms with Gasteiger partial charge in [0.05, 0.1) is 10.7 Å². The molecule has 76 valence electrons. The lowest BCUT2D eigenvalue weighted by molar-refractivity contribution is 0.627. The Balaban J connectivity index is 2.24. The second-order valence-electron chi connectivity index (χ2n) is 3.59. The van der Waals surface area contributed by atoms with Crippen molar-refractivity contribution in [1.29, 1.82) is 0 Å². The molecule has 14 heavy (non-hydrogen) atoms. The third-order valence-corrected chi connectivity index (χ3v) is 2.78. The molecule has 1 atom stereocenters. The third-order valence-electron chi connectivity index (χ3n) is 2.48. The summed E-state index contributed by atoms with van der Waals surface area (Å²) >= 11 is 5.93. The van der Waals surface area contributed by atoms with Crippen LogP contribution in [-0.4, -0.2) is 19.1 Å². The van der Waals surface area contributed by atoms with E-state index < -0.39 is 0 Å². The van der Waals surface area contributed by atoms with Crippen LogP contribution < -0.4 is 10.6 Å². The van der Waals surface area contributed by atoms with E-state index in [1.165, 1.54) is 12.1 Å². The molecule has 1 unspecified atom stereocenters. The molecule has 0 bridgehead atoms. The predicted octanol–water partition coefficient (Wildman–Crippen LogP) is 2.02. The lowest BCUT2D eigenvalue weighted by Crippen LogP contribution is -2.26. The quantitative estimate of drug-likeness (QED) is 0.775. The van der Waals surface area contributed by atoms with E-state index in [9.17, 15) is 4.39 Å². The number of nitrogens with two attached hydrogens (primary N) is 1. The van der Waals surface area contributed by atoms with Crippen molar-refractivity contribution in [3.8, 4) is 0 Å². The van der Waals surface area contributed by atoms with Gasteiger partial charge in [0.1, 0.15) is 5.82 Å². The maximum Gasteiger partial charge on any atom is 0.124 e. The van der Waals surface area contributed by atoms with Crippen molar-refractivity contribution in [1.82, 2.24) is 0 Å². The number of anilines is 1. The van der Waals surface area contributed by atoms with E-state index in [1.54, 1.807) is 6.07 Å². The summed E-state index contributed by atoms with van der Waals surface area (Å²) in [6.45, 7) is 1.69. The van der Waals surface area contributed by atoms with Gasteiger partial charge in [0.2, 0.25) is 0 Å². The summed E-state index contributed by atoms with van der Waals surface area (Å²) in [6.07, 6.45) is 0.966. The van der Waals surface area contributed by atoms with Crippen molar-refractivity contribution in [2.24, 2.45) is 5.73 Å². The van der Waals surface area contributed by atoms with E-state index in [0.717, 1.165) is 25.2 Å². The van der Waals surface area contributed by atoms with Crippen LogP contribution in [-0.2, 0) is 0 Å². The number of nitrogens with zero attached hydrogens (tertiary/aromatic N) is 1. The van der Waals surface area contributed by atoms with Gasteiger partial charge in [0, 0.05) is 19.1 Å². The normalized spacial score (nSPS) is 21.6. The van der Waals surface area contributed by atoms with E-state index in [4.69, 9.17) is 17.3 Å². The Labute approximate surface area is 87.5 Å². The highest BCUT2D eigenvalue weighted by Gasteiger charge is 2.20. The van der Waals surface area contributed by atoms with Gasteiger partial charge in [-0.25, -0.2) is 4.39 Å². The maximum absolute atomic E-state index is 12.8. The van der Waals surface area contributed by atoms with Crippen LogP contribution in [0.3, 0.4) is 0 Å². The Bertz CT molecular complexity index is 343. The summed E-state index contributed by atoms with van der Waals surface area (Å²) in [5, 5.41) is 0.458.